The van der Waals surface area contributed by atoms with Crippen LogP contribution in [0.1, 0.15) is 52.4 Å². The molecule has 0 radical (unpaired) electrons. The predicted octanol–water partition coefficient (Wildman–Crippen LogP) is 3.28. The Morgan fingerprint density at radius 3 is 2.75 bits per heavy atom. The van der Waals surface area contributed by atoms with Crippen molar-refractivity contribution in [3.63, 3.8) is 0 Å². The van der Waals surface area contributed by atoms with Crippen LogP contribution in [0.2, 0.25) is 0 Å². The Morgan fingerprint density at radius 1 is 1.55 bits per heavy atom. The normalized spacial score (nSPS) is 18.7. The van der Waals surface area contributed by atoms with E-state index in [2.05, 4.69) is 28.4 Å². The van der Waals surface area contributed by atoms with Gasteiger partial charge in [0.2, 0.25) is 0 Å². The molecular formula is C13H23N5OS. The molecule has 0 aliphatic heterocycles. The number of amides is 2. The highest BCUT2D eigenvalue weighted by atomic mass is 32.1. The smallest absolute Gasteiger partial charge is 0.329 e. The monoisotopic (exact) mass is 297 g/mol. The second-order valence-corrected chi connectivity index (χ2v) is 5.58. The van der Waals surface area contributed by atoms with Gasteiger partial charge >= 0.3 is 6.03 Å². The van der Waals surface area contributed by atoms with Gasteiger partial charge in [-0.15, -0.1) is 0 Å². The number of azo groups is 1. The standard InChI is InChI=1S/C13H23N5OS/c1-3-13(2,17-16-11-7-4-5-8-11)18(20)12(19)15-10-6-9-14/h11,20H,3-8,10H2,1-2H3,(H,15,19). The van der Waals surface area contributed by atoms with E-state index in [9.17, 15) is 4.79 Å². The Morgan fingerprint density at radius 2 is 2.20 bits per heavy atom. The van der Waals surface area contributed by atoms with Crippen LogP contribution in [0.3, 0.4) is 0 Å². The zero-order valence-electron chi connectivity index (χ0n) is 12.2. The van der Waals surface area contributed by atoms with Gasteiger partial charge in [0.25, 0.3) is 0 Å². The zero-order chi connectivity index (χ0) is 15.0. The first-order chi connectivity index (χ1) is 9.53. The fraction of sp³-hybridized carbons (Fsp3) is 0.846. The molecule has 0 spiro atoms. The van der Waals surface area contributed by atoms with Crippen molar-refractivity contribution in [3.05, 3.63) is 0 Å². The minimum Gasteiger partial charge on any atom is -0.336 e. The minimum absolute atomic E-state index is 0.278. The summed E-state index contributed by atoms with van der Waals surface area (Å²) >= 11 is 4.25. The van der Waals surface area contributed by atoms with Crippen LogP contribution in [0, 0.1) is 11.3 Å². The van der Waals surface area contributed by atoms with Crippen molar-refractivity contribution in [2.75, 3.05) is 6.54 Å². The Kier molecular flexibility index (Phi) is 6.79. The number of nitriles is 1. The number of carbonyl (C=O) groups excluding carboxylic acids is 1. The van der Waals surface area contributed by atoms with E-state index >= 15 is 0 Å². The molecule has 0 bridgehead atoms. The van der Waals surface area contributed by atoms with Crippen LogP contribution in [0.5, 0.6) is 0 Å². The van der Waals surface area contributed by atoms with Gasteiger partial charge < -0.3 is 5.32 Å². The average Bonchev–Trinajstić information content (AvgIpc) is 2.97. The van der Waals surface area contributed by atoms with Crippen molar-refractivity contribution >= 4 is 18.8 Å². The van der Waals surface area contributed by atoms with E-state index < -0.39 is 5.66 Å². The lowest BCUT2D eigenvalue weighted by atomic mass is 10.1. The van der Waals surface area contributed by atoms with Gasteiger partial charge in [-0.1, -0.05) is 32.6 Å². The van der Waals surface area contributed by atoms with Crippen LogP contribution >= 0.6 is 12.8 Å². The second kappa shape index (κ2) is 8.10. The van der Waals surface area contributed by atoms with Crippen LogP contribution in [0.4, 0.5) is 4.79 Å². The summed E-state index contributed by atoms with van der Waals surface area (Å²) in [4.78, 5) is 11.9. The summed E-state index contributed by atoms with van der Waals surface area (Å²) in [7, 11) is 0. The SMILES string of the molecule is CCC(C)(N=NC1CCCC1)N(S)C(=O)NCCC#N. The van der Waals surface area contributed by atoms with Crippen LogP contribution in [-0.4, -0.2) is 28.6 Å². The van der Waals surface area contributed by atoms with Gasteiger partial charge in [-0.2, -0.15) is 15.5 Å². The maximum atomic E-state index is 11.9. The zero-order valence-corrected chi connectivity index (χ0v) is 13.1. The van der Waals surface area contributed by atoms with E-state index in [1.54, 1.807) is 0 Å². The van der Waals surface area contributed by atoms with E-state index in [4.69, 9.17) is 5.26 Å². The van der Waals surface area contributed by atoms with Gasteiger partial charge in [0, 0.05) is 6.54 Å². The van der Waals surface area contributed by atoms with E-state index in [-0.39, 0.29) is 18.5 Å². The Hall–Kier alpha value is -1.29. The van der Waals surface area contributed by atoms with E-state index in [1.165, 1.54) is 17.1 Å². The molecular weight excluding hydrogens is 274 g/mol. The Balaban J connectivity index is 2.60. The fourth-order valence-corrected chi connectivity index (χ4v) is 2.26. The second-order valence-electron chi connectivity index (χ2n) is 5.18. The van der Waals surface area contributed by atoms with Crippen LogP contribution in [-0.2, 0) is 0 Å². The summed E-state index contributed by atoms with van der Waals surface area (Å²) in [6.45, 7) is 4.09. The summed E-state index contributed by atoms with van der Waals surface area (Å²) in [5, 5.41) is 19.8. The Bertz CT molecular complexity index is 389. The highest BCUT2D eigenvalue weighted by Crippen LogP contribution is 2.27. The maximum absolute atomic E-state index is 11.9. The van der Waals surface area contributed by atoms with Crippen molar-refractivity contribution < 1.29 is 4.79 Å². The summed E-state index contributed by atoms with van der Waals surface area (Å²) in [6.07, 6.45) is 5.45. The van der Waals surface area contributed by atoms with Crippen LogP contribution < -0.4 is 5.32 Å². The topological polar surface area (TPSA) is 80.8 Å². The number of carbonyl (C=O) groups is 1. The molecule has 1 N–H and O–H groups in total. The largest absolute Gasteiger partial charge is 0.336 e. The predicted molar refractivity (Wildman–Crippen MR) is 80.3 cm³/mol. The molecule has 20 heavy (non-hydrogen) atoms. The summed E-state index contributed by atoms with van der Waals surface area (Å²) < 4.78 is 1.27. The van der Waals surface area contributed by atoms with Crippen LogP contribution in [0.25, 0.3) is 0 Å². The lowest BCUT2D eigenvalue weighted by Gasteiger charge is -2.32. The lowest BCUT2D eigenvalue weighted by molar-refractivity contribution is 0.186. The molecule has 0 heterocycles. The molecule has 1 unspecified atom stereocenters. The lowest BCUT2D eigenvalue weighted by Crippen LogP contribution is -2.47. The molecule has 112 valence electrons. The summed E-state index contributed by atoms with van der Waals surface area (Å²) in [6, 6.07) is 1.91. The van der Waals surface area contributed by atoms with Gasteiger partial charge in [-0.25, -0.2) is 9.10 Å². The van der Waals surface area contributed by atoms with Crippen molar-refractivity contribution in [2.45, 2.75) is 64.1 Å². The third-order valence-corrected chi connectivity index (χ3v) is 4.21. The maximum Gasteiger partial charge on any atom is 0.329 e. The first kappa shape index (κ1) is 16.8. The third-order valence-electron chi connectivity index (χ3n) is 3.59. The van der Waals surface area contributed by atoms with Gasteiger partial charge in [0.1, 0.15) is 0 Å². The number of nitrogens with one attached hydrogen (secondary N) is 1. The quantitative estimate of drug-likeness (QED) is 0.448. The molecule has 0 aromatic rings. The summed E-state index contributed by atoms with van der Waals surface area (Å²) in [5.41, 5.74) is -0.761. The van der Waals surface area contributed by atoms with Crippen molar-refractivity contribution in [3.8, 4) is 6.07 Å². The van der Waals surface area contributed by atoms with Gasteiger partial charge in [-0.3, -0.25) is 0 Å². The average molecular weight is 297 g/mol. The first-order valence-corrected chi connectivity index (χ1v) is 7.49. The highest BCUT2D eigenvalue weighted by molar-refractivity contribution is 7.78. The van der Waals surface area contributed by atoms with Crippen LogP contribution in [0.15, 0.2) is 10.2 Å². The third kappa shape index (κ3) is 4.67. The number of hydrogen-bond acceptors (Lipinski definition) is 5. The molecule has 0 aromatic heterocycles. The molecule has 1 aliphatic rings. The van der Waals surface area contributed by atoms with Crippen molar-refractivity contribution in [1.82, 2.24) is 9.62 Å². The molecule has 7 heteroatoms. The van der Waals surface area contributed by atoms with E-state index in [0.29, 0.717) is 13.0 Å². The van der Waals surface area contributed by atoms with Crippen molar-refractivity contribution in [2.24, 2.45) is 10.2 Å². The van der Waals surface area contributed by atoms with Gasteiger partial charge in [0.05, 0.1) is 18.5 Å². The number of urea groups is 1. The Labute approximate surface area is 126 Å². The molecule has 0 aromatic carbocycles. The van der Waals surface area contributed by atoms with E-state index in [0.717, 1.165) is 12.8 Å². The molecule has 1 aliphatic carbocycles. The number of rotatable bonds is 6. The molecule has 1 atom stereocenters. The highest BCUT2D eigenvalue weighted by Gasteiger charge is 2.32. The molecule has 0 saturated heterocycles. The van der Waals surface area contributed by atoms with Crippen molar-refractivity contribution in [1.29, 1.82) is 5.26 Å². The fourth-order valence-electron chi connectivity index (χ4n) is 2.01. The summed E-state index contributed by atoms with van der Waals surface area (Å²) in [5.74, 6) is 0. The molecule has 2 amide bonds. The number of thiol groups is 1. The first-order valence-electron chi connectivity index (χ1n) is 7.09. The number of nitrogens with zero attached hydrogens (tertiary/aromatic N) is 4. The van der Waals surface area contributed by atoms with Gasteiger partial charge in [-0.05, 0) is 26.2 Å². The molecule has 1 saturated carbocycles. The molecule has 6 nitrogen and oxygen atoms in total. The minimum atomic E-state index is -0.761. The number of hydrogen-bond donors (Lipinski definition) is 2. The molecule has 1 rings (SSSR count). The van der Waals surface area contributed by atoms with E-state index in [1.807, 2.05) is 19.9 Å². The molecule has 1 fully saturated rings. The van der Waals surface area contributed by atoms with Gasteiger partial charge in [0.15, 0.2) is 5.66 Å².